The number of anilines is 1. The summed E-state index contributed by atoms with van der Waals surface area (Å²) in [5.41, 5.74) is 4.92. The number of carbonyl (C=O) groups excluding carboxylic acids is 1. The number of H-pyrrole nitrogens is 1. The maximum absolute atomic E-state index is 13.8. The minimum atomic E-state index is -1.14. The fraction of sp³-hybridized carbons (Fsp3) is 0.200. The molecule has 0 aliphatic rings. The van der Waals surface area contributed by atoms with Gasteiger partial charge >= 0.3 is 5.97 Å². The number of nitrogens with one attached hydrogen (secondary N) is 3. The predicted octanol–water partition coefficient (Wildman–Crippen LogP) is 5.73. The van der Waals surface area contributed by atoms with Crippen LogP contribution in [0.2, 0.25) is 0 Å². The highest BCUT2D eigenvalue weighted by Crippen LogP contribution is 2.27. The van der Waals surface area contributed by atoms with Crippen LogP contribution in [0, 0.1) is 12.7 Å². The average Bonchev–Trinajstić information content (AvgIpc) is 3.58. The molecule has 2 heterocycles. The van der Waals surface area contributed by atoms with Crippen molar-refractivity contribution in [2.45, 2.75) is 39.3 Å². The topological polar surface area (TPSA) is 120 Å². The monoisotopic (exact) mass is 557 g/mol. The van der Waals surface area contributed by atoms with Gasteiger partial charge in [-0.3, -0.25) is 4.79 Å². The number of rotatable bonds is 10. The van der Waals surface area contributed by atoms with Crippen molar-refractivity contribution in [1.82, 2.24) is 20.3 Å². The standard InChI is InChI=1S/C30H28FN5O3S/c1-3-19-14-21(31)12-17(2)27(19)28(37)34-24(29(38)39)13-18-8-10-20(11-9-18)25-15-32-26(40-25)16-33-30-35-22-6-4-5-7-23(22)36-30/h4-12,14-15,24H,3,13,16H2,1-2H3,(H,34,37)(H,38,39)(H2,33,35,36). The molecule has 1 atom stereocenters. The number of hydrogen-bond acceptors (Lipinski definition) is 6. The first-order chi connectivity index (χ1) is 19.3. The highest BCUT2D eigenvalue weighted by atomic mass is 32.1. The number of imidazole rings is 1. The molecule has 3 aromatic carbocycles. The van der Waals surface area contributed by atoms with Crippen molar-refractivity contribution in [3.05, 3.63) is 99.9 Å². The van der Waals surface area contributed by atoms with Crippen LogP contribution in [0.1, 0.15) is 39.0 Å². The van der Waals surface area contributed by atoms with Crippen LogP contribution in [0.3, 0.4) is 0 Å². The van der Waals surface area contributed by atoms with E-state index in [4.69, 9.17) is 0 Å². The van der Waals surface area contributed by atoms with Gasteiger partial charge in [0.2, 0.25) is 5.95 Å². The maximum atomic E-state index is 13.8. The van der Waals surface area contributed by atoms with E-state index in [9.17, 15) is 19.1 Å². The molecular formula is C30H28FN5O3S. The number of carboxylic acids is 1. The fourth-order valence-corrected chi connectivity index (χ4v) is 5.47. The second-order valence-corrected chi connectivity index (χ2v) is 10.6. The van der Waals surface area contributed by atoms with Crippen LogP contribution in [0.25, 0.3) is 21.5 Å². The van der Waals surface area contributed by atoms with E-state index < -0.39 is 23.7 Å². The van der Waals surface area contributed by atoms with Gasteiger partial charge in [-0.05, 0) is 59.9 Å². The van der Waals surface area contributed by atoms with Crippen molar-refractivity contribution >= 4 is 40.2 Å². The first-order valence-corrected chi connectivity index (χ1v) is 13.7. The van der Waals surface area contributed by atoms with Gasteiger partial charge in [0.15, 0.2) is 0 Å². The van der Waals surface area contributed by atoms with Gasteiger partial charge in [-0.25, -0.2) is 19.2 Å². The number of carbonyl (C=O) groups is 2. The van der Waals surface area contributed by atoms with Crippen molar-refractivity contribution < 1.29 is 19.1 Å². The lowest BCUT2D eigenvalue weighted by Gasteiger charge is -2.17. The maximum Gasteiger partial charge on any atom is 0.326 e. The zero-order chi connectivity index (χ0) is 28.2. The molecule has 0 spiro atoms. The van der Waals surface area contributed by atoms with Gasteiger partial charge in [-0.2, -0.15) is 0 Å². The van der Waals surface area contributed by atoms with E-state index in [1.165, 1.54) is 12.1 Å². The Kier molecular flexibility index (Phi) is 7.88. The molecule has 5 rings (SSSR count). The van der Waals surface area contributed by atoms with Crippen LogP contribution in [0.15, 0.2) is 66.9 Å². The molecule has 4 N–H and O–H groups in total. The minimum absolute atomic E-state index is 0.110. The quantitative estimate of drug-likeness (QED) is 0.174. The molecule has 2 aromatic heterocycles. The number of thiazole rings is 1. The molecule has 204 valence electrons. The van der Waals surface area contributed by atoms with Gasteiger partial charge in [0.05, 0.1) is 22.5 Å². The van der Waals surface area contributed by atoms with Gasteiger partial charge in [0, 0.05) is 18.2 Å². The second kappa shape index (κ2) is 11.7. The van der Waals surface area contributed by atoms with Crippen LogP contribution in [0.5, 0.6) is 0 Å². The zero-order valence-corrected chi connectivity index (χ0v) is 22.8. The van der Waals surface area contributed by atoms with Crippen LogP contribution in [-0.2, 0) is 24.2 Å². The van der Waals surface area contributed by atoms with E-state index in [0.717, 1.165) is 32.0 Å². The highest BCUT2D eigenvalue weighted by molar-refractivity contribution is 7.15. The summed E-state index contributed by atoms with van der Waals surface area (Å²) in [6, 6.07) is 16.8. The predicted molar refractivity (Wildman–Crippen MR) is 154 cm³/mol. The molecule has 0 saturated carbocycles. The number of halogens is 1. The Morgan fingerprint density at radius 1 is 1.12 bits per heavy atom. The summed E-state index contributed by atoms with van der Waals surface area (Å²) in [5.74, 6) is -1.40. The third kappa shape index (κ3) is 6.02. The average molecular weight is 558 g/mol. The molecule has 0 saturated heterocycles. The molecule has 10 heteroatoms. The largest absolute Gasteiger partial charge is 0.480 e. The van der Waals surface area contributed by atoms with Gasteiger partial charge in [0.25, 0.3) is 5.91 Å². The summed E-state index contributed by atoms with van der Waals surface area (Å²) in [7, 11) is 0. The van der Waals surface area contributed by atoms with Crippen molar-refractivity contribution in [2.75, 3.05) is 5.32 Å². The van der Waals surface area contributed by atoms with E-state index in [2.05, 4.69) is 25.6 Å². The van der Waals surface area contributed by atoms with E-state index in [1.54, 1.807) is 18.3 Å². The number of aromatic amines is 1. The molecular weight excluding hydrogens is 529 g/mol. The molecule has 5 aromatic rings. The van der Waals surface area contributed by atoms with E-state index in [-0.39, 0.29) is 6.42 Å². The minimum Gasteiger partial charge on any atom is -0.480 e. The van der Waals surface area contributed by atoms with E-state index in [1.807, 2.05) is 61.7 Å². The third-order valence-corrected chi connectivity index (χ3v) is 7.67. The molecule has 0 aliphatic heterocycles. The lowest BCUT2D eigenvalue weighted by Crippen LogP contribution is -2.42. The first-order valence-electron chi connectivity index (χ1n) is 12.9. The summed E-state index contributed by atoms with van der Waals surface area (Å²) in [6.45, 7) is 3.99. The Bertz CT molecular complexity index is 1650. The molecule has 0 bridgehead atoms. The smallest absolute Gasteiger partial charge is 0.326 e. The summed E-state index contributed by atoms with van der Waals surface area (Å²) in [6.07, 6.45) is 2.38. The van der Waals surface area contributed by atoms with Crippen molar-refractivity contribution in [3.63, 3.8) is 0 Å². The number of para-hydroxylation sites is 2. The lowest BCUT2D eigenvalue weighted by atomic mass is 9.98. The zero-order valence-electron chi connectivity index (χ0n) is 22.0. The molecule has 40 heavy (non-hydrogen) atoms. The van der Waals surface area contributed by atoms with Crippen LogP contribution in [0.4, 0.5) is 10.3 Å². The number of benzene rings is 3. The Morgan fingerprint density at radius 2 is 1.90 bits per heavy atom. The number of aromatic nitrogens is 3. The second-order valence-electron chi connectivity index (χ2n) is 9.45. The summed E-state index contributed by atoms with van der Waals surface area (Å²) >= 11 is 1.56. The number of hydrogen-bond donors (Lipinski definition) is 4. The molecule has 1 unspecified atom stereocenters. The number of aliphatic carboxylic acids is 1. The van der Waals surface area contributed by atoms with Gasteiger partial charge in [-0.1, -0.05) is 43.3 Å². The normalized spacial score (nSPS) is 11.9. The lowest BCUT2D eigenvalue weighted by molar-refractivity contribution is -0.139. The van der Waals surface area contributed by atoms with Crippen LogP contribution >= 0.6 is 11.3 Å². The number of aryl methyl sites for hydroxylation is 2. The highest BCUT2D eigenvalue weighted by Gasteiger charge is 2.24. The molecule has 0 radical (unpaired) electrons. The molecule has 0 fully saturated rings. The van der Waals surface area contributed by atoms with Crippen molar-refractivity contribution in [1.29, 1.82) is 0 Å². The van der Waals surface area contributed by atoms with E-state index in [0.29, 0.717) is 35.6 Å². The summed E-state index contributed by atoms with van der Waals surface area (Å²) < 4.78 is 13.8. The summed E-state index contributed by atoms with van der Waals surface area (Å²) in [4.78, 5) is 38.2. The van der Waals surface area contributed by atoms with Crippen molar-refractivity contribution in [2.24, 2.45) is 0 Å². The van der Waals surface area contributed by atoms with Crippen LogP contribution < -0.4 is 10.6 Å². The van der Waals surface area contributed by atoms with Crippen LogP contribution in [-0.4, -0.2) is 38.0 Å². The Balaban J connectivity index is 1.22. The number of carboxylic acid groups (broad SMARTS) is 1. The van der Waals surface area contributed by atoms with Gasteiger partial charge in [-0.15, -0.1) is 11.3 Å². The summed E-state index contributed by atoms with van der Waals surface area (Å²) in [5, 5.41) is 16.6. The Labute approximate surface area is 234 Å². The fourth-order valence-electron chi connectivity index (χ4n) is 4.61. The van der Waals surface area contributed by atoms with Gasteiger partial charge in [0.1, 0.15) is 16.9 Å². The first kappa shape index (κ1) is 27.0. The Morgan fingerprint density at radius 3 is 2.62 bits per heavy atom. The Hall–Kier alpha value is -4.57. The number of amides is 1. The van der Waals surface area contributed by atoms with E-state index >= 15 is 0 Å². The molecule has 1 amide bonds. The molecule has 0 aliphatic carbocycles. The molecule has 8 nitrogen and oxygen atoms in total. The van der Waals surface area contributed by atoms with Gasteiger partial charge < -0.3 is 20.7 Å². The number of fused-ring (bicyclic) bond motifs is 1. The number of nitrogens with zero attached hydrogens (tertiary/aromatic N) is 2. The SMILES string of the molecule is CCc1cc(F)cc(C)c1C(=O)NC(Cc1ccc(-c2cnc(CNc3nc4ccccc4[nH]3)s2)cc1)C(=O)O. The third-order valence-electron chi connectivity index (χ3n) is 6.62. The van der Waals surface area contributed by atoms with Crippen molar-refractivity contribution in [3.8, 4) is 10.4 Å².